The first-order chi connectivity index (χ1) is 3.00. The third-order valence-electron chi connectivity index (χ3n) is 0. The summed E-state index contributed by atoms with van der Waals surface area (Å²) in [7, 11) is 0. The Labute approximate surface area is 98.1 Å². The molecule has 11 heavy (non-hydrogen) atoms. The predicted octanol–water partition coefficient (Wildman–Crippen LogP) is -11.2. The van der Waals surface area contributed by atoms with Crippen molar-refractivity contribution in [2.75, 3.05) is 0 Å². The summed E-state index contributed by atoms with van der Waals surface area (Å²) in [6, 6.07) is 0. The maximum absolute atomic E-state index is 7.72. The Kier molecular flexibility index (Phi) is 3690. The van der Waals surface area contributed by atoms with Gasteiger partial charge in [0.2, 0.25) is 0 Å². The summed E-state index contributed by atoms with van der Waals surface area (Å²) in [4.78, 5) is 0. The van der Waals surface area contributed by atoms with E-state index in [4.69, 9.17) is 14.0 Å². The first kappa shape index (κ1) is 80.1. The van der Waals surface area contributed by atoms with Crippen LogP contribution in [-0.2, 0) is 0 Å². The molecule has 0 radical (unpaired) electrons. The van der Waals surface area contributed by atoms with Gasteiger partial charge in [-0.2, -0.15) is 0 Å². The van der Waals surface area contributed by atoms with Gasteiger partial charge in [0.25, 0.3) is 0 Å². The molecule has 0 heterocycles. The number of hydrogen-bond acceptors (Lipinski definition) is 3. The molecule has 0 aromatic carbocycles. The molecule has 0 aliphatic carbocycles. The van der Waals surface area contributed by atoms with Crippen LogP contribution in [0.25, 0.3) is 0 Å². The van der Waals surface area contributed by atoms with Crippen LogP contribution in [0.3, 0.4) is 0 Å². The van der Waals surface area contributed by atoms with Gasteiger partial charge in [-0.3, -0.25) is 0 Å². The quantitative estimate of drug-likeness (QED) is 0.408. The molecule has 0 atom stereocenters. The first-order valence-electron chi connectivity index (χ1n) is 0.463. The normalized spacial score (nSPS) is 1.64. The van der Waals surface area contributed by atoms with E-state index in [9.17, 15) is 0 Å². The maximum atomic E-state index is 7.72. The zero-order valence-corrected chi connectivity index (χ0v) is 9.22. The Bertz CT molecular complexity index is 21.8. The second-order valence-electron chi connectivity index (χ2n) is 0. The monoisotopic (exact) mass is 264 g/mol. The maximum Gasteiger partial charge on any atom is 3.00 e. The average Bonchev–Trinajstić information content (AvgIpc) is 1.81. The SMILES string of the molecule is [Al+3].[Al+3].[F-].[F-].[F-].[O-]Cl.[O-]Cl.[O-]Cl. The van der Waals surface area contributed by atoms with E-state index in [1.807, 2.05) is 0 Å². The molecule has 0 aliphatic rings. The van der Waals surface area contributed by atoms with Crippen LogP contribution in [0, 0.1) is 0 Å². The van der Waals surface area contributed by atoms with Gasteiger partial charge >= 0.3 is 34.7 Å². The molecule has 0 aromatic rings. The molecule has 0 aromatic heterocycles. The molecule has 11 heteroatoms. The molecule has 66 valence electrons. The topological polar surface area (TPSA) is 69.2 Å². The molecule has 0 N–H and O–H groups in total. The van der Waals surface area contributed by atoms with Crippen molar-refractivity contribution in [3.05, 3.63) is 0 Å². The molecule has 0 fully saturated rings. The van der Waals surface area contributed by atoms with E-state index < -0.39 is 0 Å². The van der Waals surface area contributed by atoms with Crippen molar-refractivity contribution in [1.82, 2.24) is 0 Å². The van der Waals surface area contributed by atoms with Gasteiger partial charge < -0.3 is 28.1 Å². The van der Waals surface area contributed by atoms with E-state index in [1.165, 1.54) is 0 Å². The van der Waals surface area contributed by atoms with Gasteiger partial charge in [0.05, 0.1) is 0 Å². The Hall–Kier alpha value is 1.60. The molecule has 0 amide bonds. The molecule has 0 bridgehead atoms. The van der Waals surface area contributed by atoms with Crippen LogP contribution < -0.4 is 28.1 Å². The minimum Gasteiger partial charge on any atom is -1.00 e. The van der Waals surface area contributed by atoms with Gasteiger partial charge in [-0.1, -0.05) is 0 Å². The zero-order valence-electron chi connectivity index (χ0n) is 4.65. The molecule has 0 spiro atoms. The van der Waals surface area contributed by atoms with Crippen molar-refractivity contribution < 1.29 is 28.1 Å². The molecule has 0 rings (SSSR count). The van der Waals surface area contributed by atoms with Gasteiger partial charge in [-0.15, -0.1) is 0 Å². The van der Waals surface area contributed by atoms with Crippen LogP contribution in [0.5, 0.6) is 0 Å². The van der Waals surface area contributed by atoms with Crippen molar-refractivity contribution in [2.24, 2.45) is 0 Å². The van der Waals surface area contributed by atoms with Crippen LogP contribution >= 0.6 is 35.6 Å². The number of halogens is 6. The summed E-state index contributed by atoms with van der Waals surface area (Å²) in [5, 5.41) is 0. The standard InChI is InChI=1S/2Al.3ClO.3FH/c;;3*1-2;;;/h;;;;;3*1H/q2*+3;3*-1;;;/p-3. The minimum absolute atomic E-state index is 0. The summed E-state index contributed by atoms with van der Waals surface area (Å²) in [5.74, 6) is 0. The number of hydrogen-bond donors (Lipinski definition) is 0. The summed E-state index contributed by atoms with van der Waals surface area (Å²) in [5.41, 5.74) is 0. The van der Waals surface area contributed by atoms with Crippen molar-refractivity contribution in [2.45, 2.75) is 0 Å². The second-order valence-corrected chi connectivity index (χ2v) is 0. The van der Waals surface area contributed by atoms with Crippen LogP contribution in [0.1, 0.15) is 0 Å². The van der Waals surface area contributed by atoms with E-state index in [2.05, 4.69) is 35.6 Å². The number of rotatable bonds is 0. The van der Waals surface area contributed by atoms with Crippen molar-refractivity contribution in [1.29, 1.82) is 0 Å². The van der Waals surface area contributed by atoms with Crippen LogP contribution in [0.4, 0.5) is 0 Å². The molecular formula is Al2Cl3F3O3. The average molecular weight is 265 g/mol. The van der Waals surface area contributed by atoms with Crippen LogP contribution in [0.2, 0.25) is 0 Å². The van der Waals surface area contributed by atoms with E-state index in [0.29, 0.717) is 0 Å². The van der Waals surface area contributed by atoms with Gasteiger partial charge in [0.1, 0.15) is 0 Å². The van der Waals surface area contributed by atoms with Crippen LogP contribution in [-0.4, -0.2) is 34.7 Å². The molecule has 0 aliphatic heterocycles. The summed E-state index contributed by atoms with van der Waals surface area (Å²) >= 11 is 10.2. The zero-order chi connectivity index (χ0) is 6.00. The smallest absolute Gasteiger partial charge is 1.00 e. The van der Waals surface area contributed by atoms with E-state index >= 15 is 0 Å². The minimum atomic E-state index is 0. The summed E-state index contributed by atoms with van der Waals surface area (Å²) in [6.45, 7) is 0. The van der Waals surface area contributed by atoms with Gasteiger partial charge in [-0.05, 0) is 0 Å². The Morgan fingerprint density at radius 2 is 0.455 bits per heavy atom. The van der Waals surface area contributed by atoms with E-state index in [0.717, 1.165) is 0 Å². The Morgan fingerprint density at radius 1 is 0.455 bits per heavy atom. The van der Waals surface area contributed by atoms with Gasteiger partial charge in [0.15, 0.2) is 0 Å². The Balaban J connectivity index is -0.00000000167. The van der Waals surface area contributed by atoms with Crippen molar-refractivity contribution >= 4 is 70.3 Å². The van der Waals surface area contributed by atoms with Crippen molar-refractivity contribution in [3.63, 3.8) is 0 Å². The van der Waals surface area contributed by atoms with Crippen LogP contribution in [0.15, 0.2) is 0 Å². The molecule has 3 nitrogen and oxygen atoms in total. The summed E-state index contributed by atoms with van der Waals surface area (Å²) in [6.07, 6.45) is 0. The second kappa shape index (κ2) is 507. The largest absolute Gasteiger partial charge is 3.00 e. The fourth-order valence-electron chi connectivity index (χ4n) is 0. The third-order valence-corrected chi connectivity index (χ3v) is 0. The Morgan fingerprint density at radius 3 is 0.455 bits per heavy atom. The third kappa shape index (κ3) is 416. The first-order valence-corrected chi connectivity index (χ1v) is 1.39. The fourth-order valence-corrected chi connectivity index (χ4v) is 0. The molecule has 0 saturated heterocycles. The summed E-state index contributed by atoms with van der Waals surface area (Å²) < 4.78 is 23.2. The molecule has 0 unspecified atom stereocenters. The predicted molar refractivity (Wildman–Crippen MR) is 29.1 cm³/mol. The van der Waals surface area contributed by atoms with E-state index in [1.54, 1.807) is 0 Å². The van der Waals surface area contributed by atoms with E-state index in [-0.39, 0.29) is 48.8 Å². The molecular weight excluding hydrogens is 265 g/mol. The van der Waals surface area contributed by atoms with Crippen molar-refractivity contribution in [3.8, 4) is 0 Å². The van der Waals surface area contributed by atoms with Gasteiger partial charge in [-0.25, -0.2) is 35.6 Å². The van der Waals surface area contributed by atoms with Gasteiger partial charge in [0, 0.05) is 0 Å². The molecule has 0 saturated carbocycles. The fraction of sp³-hybridized carbons (Fsp3) is 0.